The van der Waals surface area contributed by atoms with E-state index in [4.69, 9.17) is 0 Å². The van der Waals surface area contributed by atoms with Crippen LogP contribution in [0.5, 0.6) is 0 Å². The molecule has 0 aliphatic rings. The highest BCUT2D eigenvalue weighted by Gasteiger charge is 2.30. The number of nitrogens with zero attached hydrogens (tertiary/aromatic N) is 6. The van der Waals surface area contributed by atoms with Crippen LogP contribution in [0.15, 0.2) is 24.3 Å². The van der Waals surface area contributed by atoms with E-state index in [0.29, 0.717) is 17.9 Å². The average molecular weight is 384 g/mol. The minimum atomic E-state index is -4.41. The molecule has 148 valence electrons. The van der Waals surface area contributed by atoms with E-state index in [1.165, 1.54) is 22.7 Å². The van der Waals surface area contributed by atoms with Crippen LogP contribution in [0.2, 0.25) is 0 Å². The Morgan fingerprint density at radius 3 is 2.56 bits per heavy atom. The van der Waals surface area contributed by atoms with Crippen molar-refractivity contribution in [3.05, 3.63) is 41.2 Å². The molecular formula is C17H23F3N6O. The van der Waals surface area contributed by atoms with Gasteiger partial charge in [0.2, 0.25) is 5.91 Å². The van der Waals surface area contributed by atoms with Crippen LogP contribution < -0.4 is 0 Å². The number of amides is 1. The number of alkyl halides is 3. The molecule has 0 aliphatic carbocycles. The summed E-state index contributed by atoms with van der Waals surface area (Å²) in [5.41, 5.74) is -0.336. The summed E-state index contributed by atoms with van der Waals surface area (Å²) in [7, 11) is 3.46. The van der Waals surface area contributed by atoms with E-state index in [0.717, 1.165) is 12.1 Å². The number of carbonyl (C=O) groups is 1. The summed E-state index contributed by atoms with van der Waals surface area (Å²) < 4.78 is 39.8. The van der Waals surface area contributed by atoms with E-state index in [9.17, 15) is 18.0 Å². The lowest BCUT2D eigenvalue weighted by atomic mass is 10.1. The molecule has 1 amide bonds. The third-order valence-corrected chi connectivity index (χ3v) is 4.26. The second kappa shape index (κ2) is 8.47. The van der Waals surface area contributed by atoms with Crippen molar-refractivity contribution < 1.29 is 18.0 Å². The minimum absolute atomic E-state index is 0.0616. The van der Waals surface area contributed by atoms with Gasteiger partial charge >= 0.3 is 6.18 Å². The molecule has 0 saturated heterocycles. The van der Waals surface area contributed by atoms with Gasteiger partial charge in [0.25, 0.3) is 0 Å². The number of hydrogen-bond acceptors (Lipinski definition) is 5. The molecule has 0 unspecified atom stereocenters. The Labute approximate surface area is 155 Å². The monoisotopic (exact) mass is 384 g/mol. The molecule has 10 heteroatoms. The Kier molecular flexibility index (Phi) is 6.53. The van der Waals surface area contributed by atoms with Gasteiger partial charge in [-0.3, -0.25) is 9.69 Å². The number of hydrogen-bond donors (Lipinski definition) is 0. The van der Waals surface area contributed by atoms with Crippen molar-refractivity contribution in [3.8, 4) is 0 Å². The van der Waals surface area contributed by atoms with Crippen LogP contribution in [0.4, 0.5) is 13.2 Å². The first-order valence-electron chi connectivity index (χ1n) is 8.43. The second-order valence-corrected chi connectivity index (χ2v) is 6.71. The van der Waals surface area contributed by atoms with Gasteiger partial charge in [0.15, 0.2) is 5.82 Å². The lowest BCUT2D eigenvalue weighted by Crippen LogP contribution is -2.32. The van der Waals surface area contributed by atoms with E-state index >= 15 is 0 Å². The van der Waals surface area contributed by atoms with Gasteiger partial charge < -0.3 is 4.90 Å². The normalized spacial score (nSPS) is 12.0. The van der Waals surface area contributed by atoms with E-state index in [2.05, 4.69) is 15.5 Å². The Morgan fingerprint density at radius 1 is 1.22 bits per heavy atom. The summed E-state index contributed by atoms with van der Waals surface area (Å²) in [5.74, 6) is 0.250. The number of halogens is 3. The van der Waals surface area contributed by atoms with Crippen molar-refractivity contribution >= 4 is 5.91 Å². The molecule has 1 aromatic carbocycles. The van der Waals surface area contributed by atoms with E-state index in [1.807, 2.05) is 25.8 Å². The summed E-state index contributed by atoms with van der Waals surface area (Å²) in [6, 6.07) is 5.22. The van der Waals surface area contributed by atoms with Gasteiger partial charge in [-0.2, -0.15) is 13.2 Å². The molecule has 0 N–H and O–H groups in total. The van der Waals surface area contributed by atoms with Crippen molar-refractivity contribution in [2.75, 3.05) is 14.1 Å². The fourth-order valence-electron chi connectivity index (χ4n) is 2.32. The van der Waals surface area contributed by atoms with Crippen LogP contribution in [0.1, 0.15) is 30.8 Å². The maximum atomic E-state index is 12.8. The van der Waals surface area contributed by atoms with Gasteiger partial charge in [-0.15, -0.1) is 5.10 Å². The van der Waals surface area contributed by atoms with E-state index in [1.54, 1.807) is 6.07 Å². The van der Waals surface area contributed by atoms with E-state index in [-0.39, 0.29) is 25.0 Å². The first kappa shape index (κ1) is 20.8. The molecule has 2 aromatic rings. The van der Waals surface area contributed by atoms with Gasteiger partial charge in [-0.25, -0.2) is 4.68 Å². The molecule has 1 aromatic heterocycles. The first-order valence-corrected chi connectivity index (χ1v) is 8.43. The molecule has 1 heterocycles. The fraction of sp³-hybridized carbons (Fsp3) is 0.529. The lowest BCUT2D eigenvalue weighted by molar-refractivity contribution is -0.137. The third kappa shape index (κ3) is 5.75. The average Bonchev–Trinajstić information content (AvgIpc) is 3.01. The zero-order valence-electron chi connectivity index (χ0n) is 15.7. The number of rotatable bonds is 7. The Morgan fingerprint density at radius 2 is 1.93 bits per heavy atom. The SMILES string of the molecule is CC(C)N(C)Cc1nnnn1CC(=O)N(C)Cc1cccc(C(F)(F)F)c1. The number of tetrazole rings is 1. The van der Waals surface area contributed by atoms with Crippen molar-refractivity contribution in [1.29, 1.82) is 0 Å². The summed E-state index contributed by atoms with van der Waals surface area (Å²) in [6.07, 6.45) is -4.41. The smallest absolute Gasteiger partial charge is 0.340 e. The molecule has 0 spiro atoms. The van der Waals surface area contributed by atoms with E-state index < -0.39 is 11.7 Å². The van der Waals surface area contributed by atoms with Crippen molar-refractivity contribution in [3.63, 3.8) is 0 Å². The molecule has 0 radical (unpaired) electrons. The molecular weight excluding hydrogens is 361 g/mol. The van der Waals surface area contributed by atoms with Crippen molar-refractivity contribution in [2.45, 2.75) is 45.7 Å². The Balaban J connectivity index is 2.02. The molecule has 0 fully saturated rings. The summed E-state index contributed by atoms with van der Waals surface area (Å²) >= 11 is 0. The lowest BCUT2D eigenvalue weighted by Gasteiger charge is -2.21. The van der Waals surface area contributed by atoms with Crippen LogP contribution in [-0.4, -0.2) is 56.1 Å². The van der Waals surface area contributed by atoms with Crippen molar-refractivity contribution in [2.24, 2.45) is 0 Å². The van der Waals surface area contributed by atoms with Crippen molar-refractivity contribution in [1.82, 2.24) is 30.0 Å². The third-order valence-electron chi connectivity index (χ3n) is 4.26. The first-order chi connectivity index (χ1) is 12.6. The number of likely N-dealkylation sites (N-methyl/N-ethyl adjacent to an activating group) is 1. The molecule has 7 nitrogen and oxygen atoms in total. The fourth-order valence-corrected chi connectivity index (χ4v) is 2.32. The van der Waals surface area contributed by atoms with Gasteiger partial charge in [0, 0.05) is 19.6 Å². The van der Waals surface area contributed by atoms with Crippen LogP contribution in [0.3, 0.4) is 0 Å². The van der Waals surface area contributed by atoms with Crippen LogP contribution >= 0.6 is 0 Å². The molecule has 0 aliphatic heterocycles. The number of carbonyl (C=O) groups excluding carboxylic acids is 1. The minimum Gasteiger partial charge on any atom is -0.340 e. The molecule has 0 saturated carbocycles. The maximum Gasteiger partial charge on any atom is 0.416 e. The highest BCUT2D eigenvalue weighted by Crippen LogP contribution is 2.29. The number of aromatic nitrogens is 4. The quantitative estimate of drug-likeness (QED) is 0.732. The standard InChI is InChI=1S/C17H23F3N6O/c1-12(2)24(3)10-15-21-22-23-26(15)11-16(27)25(4)9-13-6-5-7-14(8-13)17(18,19)20/h5-8,12H,9-11H2,1-4H3. The highest BCUT2D eigenvalue weighted by molar-refractivity contribution is 5.75. The topological polar surface area (TPSA) is 67.2 Å². The van der Waals surface area contributed by atoms with Gasteiger partial charge in [-0.05, 0) is 49.0 Å². The van der Waals surface area contributed by atoms with Gasteiger partial charge in [0.05, 0.1) is 12.1 Å². The zero-order valence-corrected chi connectivity index (χ0v) is 15.7. The van der Waals surface area contributed by atoms with Gasteiger partial charge in [-0.1, -0.05) is 12.1 Å². The largest absolute Gasteiger partial charge is 0.416 e. The second-order valence-electron chi connectivity index (χ2n) is 6.71. The Bertz CT molecular complexity index is 774. The number of benzene rings is 1. The summed E-state index contributed by atoms with van der Waals surface area (Å²) in [4.78, 5) is 15.8. The Hall–Kier alpha value is -2.49. The van der Waals surface area contributed by atoms with Crippen LogP contribution in [0, 0.1) is 0 Å². The van der Waals surface area contributed by atoms with Gasteiger partial charge in [0.1, 0.15) is 6.54 Å². The van der Waals surface area contributed by atoms with Crippen LogP contribution in [-0.2, 0) is 30.6 Å². The predicted octanol–water partition coefficient (Wildman–Crippen LogP) is 2.19. The molecule has 0 bridgehead atoms. The van der Waals surface area contributed by atoms with Crippen LogP contribution in [0.25, 0.3) is 0 Å². The maximum absolute atomic E-state index is 12.8. The summed E-state index contributed by atoms with van der Waals surface area (Å²) in [6.45, 7) is 4.52. The summed E-state index contributed by atoms with van der Waals surface area (Å²) in [5, 5.41) is 11.4. The predicted molar refractivity (Wildman–Crippen MR) is 92.3 cm³/mol. The molecule has 0 atom stereocenters. The highest BCUT2D eigenvalue weighted by atomic mass is 19.4. The molecule has 27 heavy (non-hydrogen) atoms. The zero-order chi connectivity index (χ0) is 20.2. The molecule has 2 rings (SSSR count).